The van der Waals surface area contributed by atoms with E-state index in [4.69, 9.17) is 4.74 Å². The molecule has 18 heavy (non-hydrogen) atoms. The number of fused-ring (bicyclic) bond motifs is 1. The molecule has 0 saturated heterocycles. The van der Waals surface area contributed by atoms with Crippen LogP contribution in [0.1, 0.15) is 12.0 Å². The van der Waals surface area contributed by atoms with Crippen molar-refractivity contribution in [2.75, 3.05) is 7.11 Å². The molecule has 1 aromatic carbocycles. The molecular formula is C14H15NO2Si. The van der Waals surface area contributed by atoms with E-state index >= 15 is 0 Å². The quantitative estimate of drug-likeness (QED) is 0.822. The molecule has 2 aliphatic rings. The molecule has 4 heteroatoms. The fourth-order valence-electron chi connectivity index (χ4n) is 2.62. The lowest BCUT2D eigenvalue weighted by Gasteiger charge is -2.18. The highest BCUT2D eigenvalue weighted by molar-refractivity contribution is 6.83. The summed E-state index contributed by atoms with van der Waals surface area (Å²) in [6.07, 6.45) is 5.07. The topological polar surface area (TPSA) is 41.8 Å². The summed E-state index contributed by atoms with van der Waals surface area (Å²) in [4.78, 5) is 4.48. The first-order valence-corrected chi connectivity index (χ1v) is 7.61. The summed E-state index contributed by atoms with van der Waals surface area (Å²) >= 11 is 0. The number of phenols is 1. The summed E-state index contributed by atoms with van der Waals surface area (Å²) in [6.45, 7) is 0. The number of allylic oxidation sites excluding steroid dienone is 2. The van der Waals surface area contributed by atoms with E-state index in [0.717, 1.165) is 12.0 Å². The Morgan fingerprint density at radius 2 is 2.33 bits per heavy atom. The van der Waals surface area contributed by atoms with Crippen LogP contribution in [0.3, 0.4) is 0 Å². The minimum absolute atomic E-state index is 0.203. The SMILES string of the molecule is COc1ccc(C2=C[SiH2]C3=NC=CCC23)cc1O. The lowest BCUT2D eigenvalue weighted by Crippen LogP contribution is -2.15. The molecule has 1 unspecified atom stereocenters. The fourth-order valence-corrected chi connectivity index (χ4v) is 4.45. The van der Waals surface area contributed by atoms with Crippen molar-refractivity contribution in [3.63, 3.8) is 0 Å². The van der Waals surface area contributed by atoms with Crippen LogP contribution < -0.4 is 4.74 Å². The van der Waals surface area contributed by atoms with Crippen molar-refractivity contribution < 1.29 is 9.84 Å². The van der Waals surface area contributed by atoms with Crippen LogP contribution in [-0.4, -0.2) is 27.1 Å². The number of phenolic OH excluding ortho intramolecular Hbond substituents is 1. The standard InChI is InChI=1S/C14H15NO2Si/c1-17-13-5-4-9(7-12(13)16)11-8-18-14-10(11)3-2-6-15-14/h2,4-8,10,16H,3,18H2,1H3. The molecule has 0 spiro atoms. The van der Waals surface area contributed by atoms with Gasteiger partial charge in [-0.05, 0) is 29.7 Å². The van der Waals surface area contributed by atoms with Crippen LogP contribution in [-0.2, 0) is 0 Å². The van der Waals surface area contributed by atoms with E-state index in [1.54, 1.807) is 13.2 Å². The number of hydrogen-bond acceptors (Lipinski definition) is 3. The van der Waals surface area contributed by atoms with Crippen molar-refractivity contribution in [2.24, 2.45) is 10.9 Å². The van der Waals surface area contributed by atoms with Gasteiger partial charge in [0.1, 0.15) is 0 Å². The highest BCUT2D eigenvalue weighted by Crippen LogP contribution is 2.37. The lowest BCUT2D eigenvalue weighted by atomic mass is 9.91. The monoisotopic (exact) mass is 257 g/mol. The summed E-state index contributed by atoms with van der Waals surface area (Å²) in [5.74, 6) is 1.16. The number of nitrogens with zero attached hydrogens (tertiary/aromatic N) is 1. The molecule has 0 bridgehead atoms. The first-order chi connectivity index (χ1) is 8.79. The van der Waals surface area contributed by atoms with E-state index in [-0.39, 0.29) is 15.3 Å². The molecule has 1 atom stereocenters. The van der Waals surface area contributed by atoms with Gasteiger partial charge < -0.3 is 9.84 Å². The van der Waals surface area contributed by atoms with E-state index in [0.29, 0.717) is 11.7 Å². The Morgan fingerprint density at radius 3 is 3.11 bits per heavy atom. The van der Waals surface area contributed by atoms with Crippen molar-refractivity contribution >= 4 is 20.4 Å². The maximum atomic E-state index is 9.86. The smallest absolute Gasteiger partial charge is 0.160 e. The largest absolute Gasteiger partial charge is 0.504 e. The minimum Gasteiger partial charge on any atom is -0.504 e. The fraction of sp³-hybridized carbons (Fsp3) is 0.214. The summed E-state index contributed by atoms with van der Waals surface area (Å²) in [6, 6.07) is 5.63. The summed E-state index contributed by atoms with van der Waals surface area (Å²) in [5.41, 5.74) is 4.76. The minimum atomic E-state index is -0.345. The highest BCUT2D eigenvalue weighted by Gasteiger charge is 2.27. The van der Waals surface area contributed by atoms with Crippen molar-refractivity contribution in [1.29, 1.82) is 0 Å². The number of methoxy groups -OCH3 is 1. The number of aliphatic imine (C=N–C) groups is 1. The van der Waals surface area contributed by atoms with E-state index in [1.807, 2.05) is 18.3 Å². The molecule has 3 nitrogen and oxygen atoms in total. The average Bonchev–Trinajstić information content (AvgIpc) is 2.82. The third kappa shape index (κ3) is 1.78. The van der Waals surface area contributed by atoms with Crippen molar-refractivity contribution in [3.05, 3.63) is 41.7 Å². The zero-order valence-corrected chi connectivity index (χ0v) is 11.7. The molecule has 0 radical (unpaired) electrons. The number of benzene rings is 1. The average molecular weight is 257 g/mol. The lowest BCUT2D eigenvalue weighted by molar-refractivity contribution is 0.373. The van der Waals surface area contributed by atoms with E-state index in [2.05, 4.69) is 16.8 Å². The first-order valence-electron chi connectivity index (χ1n) is 6.08. The Hall–Kier alpha value is -1.81. The van der Waals surface area contributed by atoms with Gasteiger partial charge in [-0.2, -0.15) is 0 Å². The third-order valence-corrected chi connectivity index (χ3v) is 5.28. The van der Waals surface area contributed by atoms with Crippen molar-refractivity contribution in [2.45, 2.75) is 6.42 Å². The van der Waals surface area contributed by atoms with Crippen LogP contribution in [0.2, 0.25) is 0 Å². The molecule has 1 aromatic rings. The maximum absolute atomic E-state index is 9.86. The summed E-state index contributed by atoms with van der Waals surface area (Å²) < 4.78 is 5.07. The van der Waals surface area contributed by atoms with Crippen molar-refractivity contribution in [3.8, 4) is 11.5 Å². The van der Waals surface area contributed by atoms with Gasteiger partial charge >= 0.3 is 0 Å². The Morgan fingerprint density at radius 1 is 1.44 bits per heavy atom. The molecule has 1 N–H and O–H groups in total. The second kappa shape index (κ2) is 4.46. The van der Waals surface area contributed by atoms with Gasteiger partial charge in [0, 0.05) is 17.5 Å². The molecule has 2 aliphatic heterocycles. The molecule has 92 valence electrons. The Balaban J connectivity index is 1.94. The van der Waals surface area contributed by atoms with Crippen LogP contribution in [0, 0.1) is 5.92 Å². The number of hydrogen-bond donors (Lipinski definition) is 1. The van der Waals surface area contributed by atoms with Crippen molar-refractivity contribution in [1.82, 2.24) is 0 Å². The molecule has 3 rings (SSSR count). The van der Waals surface area contributed by atoms with Crippen LogP contribution in [0.15, 0.2) is 41.2 Å². The normalized spacial score (nSPS) is 22.6. The van der Waals surface area contributed by atoms with Gasteiger partial charge in [0.15, 0.2) is 11.5 Å². The maximum Gasteiger partial charge on any atom is 0.160 e. The molecule has 0 aliphatic carbocycles. The third-order valence-electron chi connectivity index (χ3n) is 3.54. The van der Waals surface area contributed by atoms with Gasteiger partial charge in [0.25, 0.3) is 0 Å². The molecular weight excluding hydrogens is 242 g/mol. The second-order valence-electron chi connectivity index (χ2n) is 4.54. The van der Waals surface area contributed by atoms with Gasteiger partial charge in [0.05, 0.1) is 16.6 Å². The Labute approximate surface area is 108 Å². The molecule has 0 saturated carbocycles. The number of ether oxygens (including phenoxy) is 1. The van der Waals surface area contributed by atoms with Crippen LogP contribution in [0.25, 0.3) is 5.57 Å². The molecule has 0 aromatic heterocycles. The number of rotatable bonds is 2. The Kier molecular flexibility index (Phi) is 2.80. The zero-order valence-electron chi connectivity index (χ0n) is 10.3. The number of aromatic hydroxyl groups is 1. The van der Waals surface area contributed by atoms with E-state index < -0.39 is 0 Å². The van der Waals surface area contributed by atoms with E-state index in [9.17, 15) is 5.11 Å². The Bertz CT molecular complexity index is 575. The van der Waals surface area contributed by atoms with Crippen LogP contribution in [0.5, 0.6) is 11.5 Å². The van der Waals surface area contributed by atoms with Crippen LogP contribution in [0.4, 0.5) is 0 Å². The molecule has 0 fully saturated rings. The van der Waals surface area contributed by atoms with Crippen LogP contribution >= 0.6 is 0 Å². The van der Waals surface area contributed by atoms with E-state index in [1.165, 1.54) is 10.9 Å². The predicted octanol–water partition coefficient (Wildman–Crippen LogP) is 1.86. The highest BCUT2D eigenvalue weighted by atomic mass is 28.2. The summed E-state index contributed by atoms with van der Waals surface area (Å²) in [5, 5.41) is 11.2. The zero-order chi connectivity index (χ0) is 12.5. The summed E-state index contributed by atoms with van der Waals surface area (Å²) in [7, 11) is 1.22. The molecule has 0 amide bonds. The predicted molar refractivity (Wildman–Crippen MR) is 75.9 cm³/mol. The van der Waals surface area contributed by atoms with Gasteiger partial charge in [-0.3, -0.25) is 4.99 Å². The first kappa shape index (κ1) is 11.3. The molecule has 2 heterocycles. The van der Waals surface area contributed by atoms with Gasteiger partial charge in [-0.1, -0.05) is 17.8 Å². The van der Waals surface area contributed by atoms with Gasteiger partial charge in [-0.25, -0.2) is 0 Å². The second-order valence-corrected chi connectivity index (χ2v) is 6.08. The van der Waals surface area contributed by atoms with Gasteiger partial charge in [-0.15, -0.1) is 0 Å². The van der Waals surface area contributed by atoms with Gasteiger partial charge in [0.2, 0.25) is 0 Å².